The average Bonchev–Trinajstić information content (AvgIpc) is 3.19. The second kappa shape index (κ2) is 10.2. The van der Waals surface area contributed by atoms with Crippen molar-refractivity contribution in [1.29, 1.82) is 0 Å². The van der Waals surface area contributed by atoms with E-state index >= 15 is 0 Å². The molecule has 2 aromatic rings. The number of rotatable bonds is 8. The van der Waals surface area contributed by atoms with Gasteiger partial charge in [0.2, 0.25) is 5.82 Å². The van der Waals surface area contributed by atoms with Crippen molar-refractivity contribution in [2.75, 3.05) is 44.4 Å². The summed E-state index contributed by atoms with van der Waals surface area (Å²) < 4.78 is 25.8. The van der Waals surface area contributed by atoms with E-state index in [1.54, 1.807) is 12.1 Å². The summed E-state index contributed by atoms with van der Waals surface area (Å²) in [6.45, 7) is 11.6. The van der Waals surface area contributed by atoms with E-state index in [4.69, 9.17) is 14.2 Å². The number of hydrogen-bond acceptors (Lipinski definition) is 9. The fourth-order valence-corrected chi connectivity index (χ4v) is 3.39. The third-order valence-corrected chi connectivity index (χ3v) is 5.08. The fourth-order valence-electron chi connectivity index (χ4n) is 2.87. The molecule has 3 rings (SSSR count). The summed E-state index contributed by atoms with van der Waals surface area (Å²) in [7, 11) is 0. The van der Waals surface area contributed by atoms with Crippen LogP contribution in [0.2, 0.25) is 0 Å². The van der Waals surface area contributed by atoms with E-state index in [1.807, 2.05) is 19.1 Å². The molecule has 0 saturated carbocycles. The predicted molar refractivity (Wildman–Crippen MR) is 117 cm³/mol. The van der Waals surface area contributed by atoms with Crippen molar-refractivity contribution in [3.05, 3.63) is 35.4 Å². The van der Waals surface area contributed by atoms with Crippen molar-refractivity contribution in [3.63, 3.8) is 0 Å². The number of morpholine rings is 1. The molecule has 1 aromatic carbocycles. The van der Waals surface area contributed by atoms with Crippen LogP contribution in [0.15, 0.2) is 24.3 Å². The maximum absolute atomic E-state index is 12.6. The van der Waals surface area contributed by atoms with Gasteiger partial charge in [-0.25, -0.2) is 4.79 Å². The highest BCUT2D eigenvalue weighted by molar-refractivity contribution is 6.99. The molecule has 1 N–H and O–H groups in total. The minimum absolute atomic E-state index is 0.115. The SMILES string of the molecule is Cc1ccc(C(=O)O[C@@H](CNC(C)(C)C)COc2nsnc2N2CCOCC2)cc1. The summed E-state index contributed by atoms with van der Waals surface area (Å²) in [5.41, 5.74) is 1.49. The highest BCUT2D eigenvalue weighted by Crippen LogP contribution is 2.26. The normalized spacial score (nSPS) is 15.7. The smallest absolute Gasteiger partial charge is 0.338 e. The van der Waals surface area contributed by atoms with Crippen molar-refractivity contribution in [2.24, 2.45) is 0 Å². The van der Waals surface area contributed by atoms with E-state index in [2.05, 4.69) is 39.7 Å². The molecule has 1 atom stereocenters. The van der Waals surface area contributed by atoms with Crippen LogP contribution in [0.5, 0.6) is 5.88 Å². The van der Waals surface area contributed by atoms with Crippen LogP contribution in [0.25, 0.3) is 0 Å². The van der Waals surface area contributed by atoms with Crippen molar-refractivity contribution < 1.29 is 19.0 Å². The Bertz CT molecular complexity index is 813. The molecule has 0 spiro atoms. The quantitative estimate of drug-likeness (QED) is 0.635. The molecule has 2 heterocycles. The number of nitrogens with one attached hydrogen (secondary N) is 1. The number of aryl methyl sites for hydroxylation is 1. The zero-order valence-electron chi connectivity index (χ0n) is 18.0. The lowest BCUT2D eigenvalue weighted by atomic mass is 10.1. The first-order valence-corrected chi connectivity index (χ1v) is 10.9. The lowest BCUT2D eigenvalue weighted by Crippen LogP contribution is -2.44. The first-order chi connectivity index (χ1) is 14.3. The van der Waals surface area contributed by atoms with Gasteiger partial charge in [-0.1, -0.05) is 17.7 Å². The highest BCUT2D eigenvalue weighted by Gasteiger charge is 2.23. The Morgan fingerprint density at radius 3 is 2.60 bits per heavy atom. The van der Waals surface area contributed by atoms with Gasteiger partial charge in [-0.3, -0.25) is 0 Å². The molecule has 1 aromatic heterocycles. The zero-order valence-corrected chi connectivity index (χ0v) is 18.8. The van der Waals surface area contributed by atoms with Crippen molar-refractivity contribution >= 4 is 23.5 Å². The van der Waals surface area contributed by atoms with Crippen LogP contribution >= 0.6 is 11.7 Å². The molecule has 0 amide bonds. The van der Waals surface area contributed by atoms with Crippen LogP contribution in [0.1, 0.15) is 36.7 Å². The molecular formula is C21H30N4O4S. The van der Waals surface area contributed by atoms with E-state index in [1.165, 1.54) is 0 Å². The Kier molecular flexibility index (Phi) is 7.63. The lowest BCUT2D eigenvalue weighted by Gasteiger charge is -2.27. The molecule has 30 heavy (non-hydrogen) atoms. The van der Waals surface area contributed by atoms with Crippen LogP contribution in [0.3, 0.4) is 0 Å². The third-order valence-electron chi connectivity index (χ3n) is 4.58. The van der Waals surface area contributed by atoms with Gasteiger partial charge in [0, 0.05) is 25.2 Å². The summed E-state index contributed by atoms with van der Waals surface area (Å²) in [5.74, 6) is 0.814. The average molecular weight is 435 g/mol. The van der Waals surface area contributed by atoms with Crippen LogP contribution < -0.4 is 15.0 Å². The first kappa shape index (κ1) is 22.5. The molecule has 0 bridgehead atoms. The maximum Gasteiger partial charge on any atom is 0.338 e. The van der Waals surface area contributed by atoms with Crippen molar-refractivity contribution in [3.8, 4) is 5.88 Å². The maximum atomic E-state index is 12.6. The number of benzene rings is 1. The monoisotopic (exact) mass is 434 g/mol. The highest BCUT2D eigenvalue weighted by atomic mass is 32.1. The van der Waals surface area contributed by atoms with E-state index < -0.39 is 6.10 Å². The second-order valence-corrected chi connectivity index (χ2v) is 8.86. The molecule has 1 aliphatic rings. The molecule has 0 aliphatic carbocycles. The number of aromatic nitrogens is 2. The van der Waals surface area contributed by atoms with E-state index in [9.17, 15) is 4.79 Å². The van der Waals surface area contributed by atoms with Crippen LogP contribution in [-0.2, 0) is 9.47 Å². The number of anilines is 1. The third kappa shape index (κ3) is 6.65. The molecule has 0 unspecified atom stereocenters. The standard InChI is InChI=1S/C21H30N4O4S/c1-15-5-7-16(8-6-15)20(26)29-17(13-22-21(2,3)4)14-28-19-18(23-30-24-19)25-9-11-27-12-10-25/h5-8,17,22H,9-14H2,1-4H3/t17-/m0/s1. The Morgan fingerprint density at radius 1 is 1.23 bits per heavy atom. The van der Waals surface area contributed by atoms with Crippen LogP contribution in [0, 0.1) is 6.92 Å². The molecule has 9 heteroatoms. The molecule has 8 nitrogen and oxygen atoms in total. The van der Waals surface area contributed by atoms with Gasteiger partial charge < -0.3 is 24.4 Å². The lowest BCUT2D eigenvalue weighted by molar-refractivity contribution is 0.0157. The number of hydrogen-bond donors (Lipinski definition) is 1. The molecular weight excluding hydrogens is 404 g/mol. The number of esters is 1. The van der Waals surface area contributed by atoms with Gasteiger partial charge in [-0.05, 0) is 39.8 Å². The zero-order chi connectivity index (χ0) is 21.6. The molecule has 0 radical (unpaired) electrons. The van der Waals surface area contributed by atoms with Gasteiger partial charge in [0.05, 0.1) is 30.5 Å². The van der Waals surface area contributed by atoms with Crippen LogP contribution in [0.4, 0.5) is 5.82 Å². The Labute approximate surface area is 181 Å². The summed E-state index contributed by atoms with van der Waals surface area (Å²) in [6, 6.07) is 7.33. The van der Waals surface area contributed by atoms with Crippen molar-refractivity contribution in [1.82, 2.24) is 14.1 Å². The van der Waals surface area contributed by atoms with E-state index in [0.717, 1.165) is 36.2 Å². The number of nitrogens with zero attached hydrogens (tertiary/aromatic N) is 3. The van der Waals surface area contributed by atoms with Gasteiger partial charge in [0.1, 0.15) is 12.7 Å². The molecule has 1 fully saturated rings. The fraction of sp³-hybridized carbons (Fsp3) is 0.571. The summed E-state index contributed by atoms with van der Waals surface area (Å²) in [4.78, 5) is 14.7. The first-order valence-electron chi connectivity index (χ1n) is 10.1. The summed E-state index contributed by atoms with van der Waals surface area (Å²) >= 11 is 1.11. The molecule has 1 saturated heterocycles. The minimum Gasteiger partial charge on any atom is -0.470 e. The molecule has 1 aliphatic heterocycles. The Morgan fingerprint density at radius 2 is 1.93 bits per heavy atom. The summed E-state index contributed by atoms with van der Waals surface area (Å²) in [5, 5.41) is 3.38. The largest absolute Gasteiger partial charge is 0.470 e. The Hall–Kier alpha value is -2.23. The van der Waals surface area contributed by atoms with Gasteiger partial charge in [-0.2, -0.15) is 4.37 Å². The van der Waals surface area contributed by atoms with E-state index in [0.29, 0.717) is 31.2 Å². The van der Waals surface area contributed by atoms with Gasteiger partial charge >= 0.3 is 5.97 Å². The van der Waals surface area contributed by atoms with Gasteiger partial charge in [0.25, 0.3) is 5.88 Å². The van der Waals surface area contributed by atoms with Gasteiger partial charge in [-0.15, -0.1) is 4.37 Å². The molecule has 164 valence electrons. The van der Waals surface area contributed by atoms with Crippen molar-refractivity contribution in [2.45, 2.75) is 39.3 Å². The Balaban J connectivity index is 1.64. The summed E-state index contributed by atoms with van der Waals surface area (Å²) in [6.07, 6.45) is -0.475. The van der Waals surface area contributed by atoms with E-state index in [-0.39, 0.29) is 18.1 Å². The van der Waals surface area contributed by atoms with Crippen LogP contribution in [-0.4, -0.2) is 65.8 Å². The number of carbonyl (C=O) groups is 1. The predicted octanol–water partition coefficient (Wildman–Crippen LogP) is 2.68. The number of ether oxygens (including phenoxy) is 3. The topological polar surface area (TPSA) is 85.8 Å². The minimum atomic E-state index is -0.475. The van der Waals surface area contributed by atoms with Gasteiger partial charge in [0.15, 0.2) is 0 Å². The second-order valence-electron chi connectivity index (χ2n) is 8.33. The number of carbonyl (C=O) groups excluding carboxylic acids is 1.